The van der Waals surface area contributed by atoms with E-state index in [4.69, 9.17) is 9.90 Å². The predicted molar refractivity (Wildman–Crippen MR) is 229 cm³/mol. The van der Waals surface area contributed by atoms with E-state index in [1.807, 2.05) is 6.07 Å². The van der Waals surface area contributed by atoms with Gasteiger partial charge in [-0.1, -0.05) is 48.5 Å². The molecule has 0 radical (unpaired) electrons. The molecule has 0 amide bonds. The maximum Gasteiger partial charge on any atom is 0.490 e. The molecule has 4 heterocycles. The third-order valence-electron chi connectivity index (χ3n) is 12.5. The van der Waals surface area contributed by atoms with Gasteiger partial charge in [-0.15, -0.1) is 0 Å². The fourth-order valence-corrected chi connectivity index (χ4v) is 9.04. The number of nitrogens with one attached hydrogen (secondary N) is 3. The second-order valence-electron chi connectivity index (χ2n) is 16.8. The minimum atomic E-state index is -5.08. The highest BCUT2D eigenvalue weighted by Gasteiger charge is 2.38. The molecule has 0 aliphatic carbocycles. The molecule has 20 heteroatoms. The smallest absolute Gasteiger partial charge is 0.481 e. The number of hydrogen-bond acceptors (Lipinski definition) is 10. The quantitative estimate of drug-likeness (QED) is 0.0854. The fourth-order valence-electron chi connectivity index (χ4n) is 9.04. The molecule has 3 aliphatic heterocycles. The molecule has 3 saturated heterocycles. The largest absolute Gasteiger partial charge is 0.490 e. The molecular formula is C45H51F3N6O11. The summed E-state index contributed by atoms with van der Waals surface area (Å²) >= 11 is 0. The third kappa shape index (κ3) is 11.9. The normalized spacial score (nSPS) is 19.8. The van der Waals surface area contributed by atoms with Gasteiger partial charge in [-0.05, 0) is 142 Å². The lowest BCUT2D eigenvalue weighted by Crippen LogP contribution is -2.53. The number of aromatic nitrogens is 3. The number of halogens is 3. The monoisotopic (exact) mass is 908 g/mol. The number of carboxylic acid groups (broad SMARTS) is 4. The first-order valence-electron chi connectivity index (χ1n) is 21.3. The molecule has 65 heavy (non-hydrogen) atoms. The minimum absolute atomic E-state index is 0.0349. The van der Waals surface area contributed by atoms with Gasteiger partial charge in [0.25, 0.3) is 0 Å². The number of alkyl halides is 3. The van der Waals surface area contributed by atoms with Gasteiger partial charge in [0.15, 0.2) is 0 Å². The summed E-state index contributed by atoms with van der Waals surface area (Å²) in [6, 6.07) is 20.2. The van der Waals surface area contributed by atoms with E-state index >= 15 is 0 Å². The van der Waals surface area contributed by atoms with Gasteiger partial charge in [-0.25, -0.2) is 32.9 Å². The van der Waals surface area contributed by atoms with Crippen LogP contribution in [0, 0.1) is 35.5 Å². The zero-order chi connectivity index (χ0) is 47.0. The molecule has 0 bridgehead atoms. The number of carboxylic acids is 4. The minimum Gasteiger partial charge on any atom is -0.481 e. The summed E-state index contributed by atoms with van der Waals surface area (Å²) in [6.45, 7) is 3.72. The molecule has 17 nitrogen and oxygen atoms in total. The van der Waals surface area contributed by atoms with E-state index in [0.717, 1.165) is 45.3 Å². The second-order valence-corrected chi connectivity index (χ2v) is 16.8. The number of aliphatic carboxylic acids is 4. The van der Waals surface area contributed by atoms with Crippen LogP contribution < -0.4 is 33.0 Å². The van der Waals surface area contributed by atoms with Crippen molar-refractivity contribution < 1.29 is 52.8 Å². The summed E-state index contributed by atoms with van der Waals surface area (Å²) in [7, 11) is 0. The molecule has 1 aromatic heterocycles. The molecule has 3 aliphatic rings. The van der Waals surface area contributed by atoms with E-state index in [-0.39, 0.29) is 54.9 Å². The molecule has 4 aromatic rings. The number of benzene rings is 3. The lowest BCUT2D eigenvalue weighted by Gasteiger charge is -2.20. The van der Waals surface area contributed by atoms with Gasteiger partial charge in [-0.2, -0.15) is 13.2 Å². The maximum atomic E-state index is 14.5. The van der Waals surface area contributed by atoms with Crippen LogP contribution in [-0.4, -0.2) is 103 Å². The van der Waals surface area contributed by atoms with Crippen LogP contribution in [0.4, 0.5) is 13.2 Å². The van der Waals surface area contributed by atoms with E-state index in [9.17, 15) is 57.3 Å². The Hall–Kier alpha value is -6.38. The molecule has 7 rings (SSSR count). The van der Waals surface area contributed by atoms with Gasteiger partial charge in [0, 0.05) is 0 Å². The van der Waals surface area contributed by atoms with Gasteiger partial charge >= 0.3 is 47.1 Å². The van der Waals surface area contributed by atoms with E-state index < -0.39 is 64.9 Å². The molecule has 0 unspecified atom stereocenters. The number of rotatable bonds is 16. The second kappa shape index (κ2) is 21.1. The summed E-state index contributed by atoms with van der Waals surface area (Å²) in [6.07, 6.45) is -2.31. The van der Waals surface area contributed by atoms with Crippen molar-refractivity contribution in [3.8, 4) is 11.4 Å². The van der Waals surface area contributed by atoms with Crippen molar-refractivity contribution in [3.05, 3.63) is 127 Å². The van der Waals surface area contributed by atoms with Gasteiger partial charge in [-0.3, -0.25) is 14.4 Å². The standard InChI is InChI=1S/C43H50N6O9.C2HF3O2/c50-38(51)35(30-10-13-44-22-30)19-26-4-1-7-29(16-26)25-47-41(56)48(33-8-2-5-27(17-33)20-36(39(52)53)31-11-14-45-23-31)43(58)49(42(47)57)34-9-3-6-28(18-34)21-37(40(54)55)32-12-15-46-24-32;3-2(4,5)1(6)7/h1-9,16-18,30-32,35-37,44-46H,10-15,19-25H2,(H,50,51)(H,52,53)(H,54,55);(H,6,7)/t30-,31-,32-,35-,36-,37-;/m0./s1. The van der Waals surface area contributed by atoms with Crippen LogP contribution >= 0.6 is 0 Å². The Labute approximate surface area is 369 Å². The summed E-state index contributed by atoms with van der Waals surface area (Å²) in [5.74, 6) is -7.72. The molecular weight excluding hydrogens is 858 g/mol. The number of carbonyl (C=O) groups is 4. The summed E-state index contributed by atoms with van der Waals surface area (Å²) in [5, 5.41) is 47.1. The van der Waals surface area contributed by atoms with Crippen LogP contribution in [0.3, 0.4) is 0 Å². The third-order valence-corrected chi connectivity index (χ3v) is 12.5. The van der Waals surface area contributed by atoms with Crippen molar-refractivity contribution in [3.63, 3.8) is 0 Å². The Balaban J connectivity index is 0.000000925. The van der Waals surface area contributed by atoms with Gasteiger partial charge in [0.1, 0.15) is 0 Å². The maximum absolute atomic E-state index is 14.5. The zero-order valence-electron chi connectivity index (χ0n) is 35.2. The van der Waals surface area contributed by atoms with Crippen molar-refractivity contribution in [2.24, 2.45) is 35.5 Å². The van der Waals surface area contributed by atoms with Crippen molar-refractivity contribution in [1.82, 2.24) is 29.7 Å². The van der Waals surface area contributed by atoms with Gasteiger partial charge in [0.2, 0.25) is 0 Å². The fraction of sp³-hybridized carbons (Fsp3) is 0.444. The molecule has 7 N–H and O–H groups in total. The zero-order valence-corrected chi connectivity index (χ0v) is 35.2. The highest BCUT2D eigenvalue weighted by Crippen LogP contribution is 2.27. The molecule has 3 aromatic carbocycles. The van der Waals surface area contributed by atoms with Crippen LogP contribution in [0.5, 0.6) is 0 Å². The van der Waals surface area contributed by atoms with E-state index in [1.54, 1.807) is 66.7 Å². The first-order chi connectivity index (χ1) is 30.9. The van der Waals surface area contributed by atoms with E-state index in [1.165, 1.54) is 0 Å². The Kier molecular flexibility index (Phi) is 15.6. The topological polar surface area (TPSA) is 251 Å². The number of hydrogen-bond donors (Lipinski definition) is 7. The Bertz CT molecular complexity index is 2440. The van der Waals surface area contributed by atoms with Gasteiger partial charge < -0.3 is 36.4 Å². The lowest BCUT2D eigenvalue weighted by molar-refractivity contribution is -0.192. The SMILES string of the molecule is O=C(O)C(F)(F)F.O=C(O)[C@@H](Cc1cccc(Cn2c(=O)n(-c3cccc(C[C@H](C(=O)O)[C@H]4CCNC4)c3)c(=O)n(-c3cccc(C[C@H](C(=O)O)[C@H]4CCNC4)c3)c2=O)c1)[C@H]1CCNC1. The summed E-state index contributed by atoms with van der Waals surface area (Å²) < 4.78 is 34.5. The highest BCUT2D eigenvalue weighted by molar-refractivity contribution is 5.73. The predicted octanol–water partition coefficient (Wildman–Crippen LogP) is 2.39. The first-order valence-corrected chi connectivity index (χ1v) is 21.3. The van der Waals surface area contributed by atoms with Crippen LogP contribution in [0.1, 0.15) is 41.5 Å². The van der Waals surface area contributed by atoms with Crippen molar-refractivity contribution in [1.29, 1.82) is 0 Å². The number of nitrogens with zero attached hydrogens (tertiary/aromatic N) is 3. The molecule has 6 atom stereocenters. The van der Waals surface area contributed by atoms with E-state index in [0.29, 0.717) is 49.2 Å². The van der Waals surface area contributed by atoms with Crippen molar-refractivity contribution in [2.45, 2.75) is 51.2 Å². The van der Waals surface area contributed by atoms with Crippen molar-refractivity contribution >= 4 is 23.9 Å². The van der Waals surface area contributed by atoms with Gasteiger partial charge in [0.05, 0.1) is 35.7 Å². The molecule has 0 saturated carbocycles. The average molecular weight is 909 g/mol. The van der Waals surface area contributed by atoms with Crippen LogP contribution in [-0.2, 0) is 45.0 Å². The van der Waals surface area contributed by atoms with Crippen LogP contribution in [0.2, 0.25) is 0 Å². The lowest BCUT2D eigenvalue weighted by atomic mass is 9.86. The molecule has 3 fully saturated rings. The van der Waals surface area contributed by atoms with Crippen molar-refractivity contribution in [2.75, 3.05) is 39.3 Å². The summed E-state index contributed by atoms with van der Waals surface area (Å²) in [4.78, 5) is 89.4. The Morgan fingerprint density at radius 3 is 1.22 bits per heavy atom. The van der Waals surface area contributed by atoms with E-state index in [2.05, 4.69) is 16.0 Å². The molecule has 0 spiro atoms. The summed E-state index contributed by atoms with van der Waals surface area (Å²) in [5.41, 5.74) is 0.0595. The first kappa shape index (κ1) is 48.1. The van der Waals surface area contributed by atoms with Crippen LogP contribution in [0.25, 0.3) is 11.4 Å². The molecule has 348 valence electrons. The Morgan fingerprint density at radius 2 is 0.892 bits per heavy atom. The van der Waals surface area contributed by atoms with Crippen LogP contribution in [0.15, 0.2) is 87.2 Å². The Morgan fingerprint density at radius 1 is 0.554 bits per heavy atom. The highest BCUT2D eigenvalue weighted by atomic mass is 19.4. The average Bonchev–Trinajstić information content (AvgIpc) is 4.09.